The monoisotopic (exact) mass is 170 g/mol. The van der Waals surface area contributed by atoms with E-state index in [-0.39, 0.29) is 11.1 Å². The highest BCUT2D eigenvalue weighted by Gasteiger charge is 2.08. The average Bonchev–Trinajstić information content (AvgIpc) is 2.05. The minimum atomic E-state index is -2.67. The molecule has 1 rings (SSSR count). The summed E-state index contributed by atoms with van der Waals surface area (Å²) in [5.74, 6) is 0. The van der Waals surface area contributed by atoms with Gasteiger partial charge < -0.3 is 4.98 Å². The largest absolute Gasteiger partial charge is 0.327 e. The van der Waals surface area contributed by atoms with E-state index >= 15 is 0 Å². The molecule has 1 aromatic rings. The number of nitrogens with one attached hydrogen (secondary N) is 1. The maximum atomic E-state index is 12.0. The maximum Gasteiger partial charge on any atom is 0.265 e. The van der Waals surface area contributed by atoms with E-state index < -0.39 is 12.0 Å². The van der Waals surface area contributed by atoms with Crippen LogP contribution in [0.2, 0.25) is 0 Å². The first-order valence-electron chi connectivity index (χ1n) is 3.06. The van der Waals surface area contributed by atoms with E-state index in [1.165, 1.54) is 6.07 Å². The minimum Gasteiger partial charge on any atom is -0.327 e. The number of pyridine rings is 1. The van der Waals surface area contributed by atoms with E-state index in [1.807, 2.05) is 4.98 Å². The number of hydrogen-bond acceptors (Lipinski definition) is 2. The summed E-state index contributed by atoms with van der Waals surface area (Å²) >= 11 is 0. The molecule has 5 heteroatoms. The minimum absolute atomic E-state index is 0.298. The van der Waals surface area contributed by atoms with Gasteiger partial charge in [0.25, 0.3) is 12.0 Å². The number of nitriles is 1. The Morgan fingerprint density at radius 3 is 2.75 bits per heavy atom. The second kappa shape index (κ2) is 3.13. The third kappa shape index (κ3) is 1.48. The molecule has 0 atom stereocenters. The lowest BCUT2D eigenvalue weighted by Gasteiger charge is -1.97. The molecule has 0 aromatic carbocycles. The van der Waals surface area contributed by atoms with Crippen molar-refractivity contribution in [2.24, 2.45) is 0 Å². The van der Waals surface area contributed by atoms with Gasteiger partial charge in [-0.2, -0.15) is 5.26 Å². The Kier molecular flexibility index (Phi) is 2.19. The second-order valence-corrected chi connectivity index (χ2v) is 2.09. The zero-order valence-electron chi connectivity index (χ0n) is 5.84. The first-order chi connectivity index (χ1) is 5.65. The van der Waals surface area contributed by atoms with Gasteiger partial charge in [-0.3, -0.25) is 4.79 Å². The topological polar surface area (TPSA) is 56.6 Å². The molecule has 0 radical (unpaired) electrons. The quantitative estimate of drug-likeness (QED) is 0.688. The molecule has 3 nitrogen and oxygen atoms in total. The maximum absolute atomic E-state index is 12.0. The number of aromatic nitrogens is 1. The van der Waals surface area contributed by atoms with Gasteiger partial charge in [0.15, 0.2) is 0 Å². The van der Waals surface area contributed by atoms with Gasteiger partial charge in [-0.15, -0.1) is 0 Å². The predicted molar refractivity (Wildman–Crippen MR) is 36.7 cm³/mol. The lowest BCUT2D eigenvalue weighted by atomic mass is 10.2. The molecule has 0 bridgehead atoms. The van der Waals surface area contributed by atoms with E-state index in [2.05, 4.69) is 0 Å². The third-order valence-electron chi connectivity index (χ3n) is 1.30. The molecule has 0 aliphatic heterocycles. The number of aromatic amines is 1. The molecule has 0 aliphatic carbocycles. The van der Waals surface area contributed by atoms with Gasteiger partial charge in [0, 0.05) is 11.8 Å². The van der Waals surface area contributed by atoms with E-state index in [1.54, 1.807) is 0 Å². The van der Waals surface area contributed by atoms with Crippen LogP contribution in [0.5, 0.6) is 0 Å². The molecular weight excluding hydrogens is 166 g/mol. The van der Waals surface area contributed by atoms with Crippen LogP contribution >= 0.6 is 0 Å². The highest BCUT2D eigenvalue weighted by atomic mass is 19.3. The fraction of sp³-hybridized carbons (Fsp3) is 0.143. The molecule has 1 N–H and O–H groups in total. The van der Waals surface area contributed by atoms with Crippen molar-refractivity contribution in [2.75, 3.05) is 0 Å². The molecule has 0 fully saturated rings. The summed E-state index contributed by atoms with van der Waals surface area (Å²) in [4.78, 5) is 12.7. The van der Waals surface area contributed by atoms with Gasteiger partial charge in [-0.25, -0.2) is 8.78 Å². The van der Waals surface area contributed by atoms with Crippen LogP contribution in [-0.2, 0) is 0 Å². The smallest absolute Gasteiger partial charge is 0.265 e. The van der Waals surface area contributed by atoms with Crippen LogP contribution in [0.15, 0.2) is 17.1 Å². The lowest BCUT2D eigenvalue weighted by molar-refractivity contribution is 0.151. The van der Waals surface area contributed by atoms with Crippen molar-refractivity contribution in [1.82, 2.24) is 4.98 Å². The molecule has 0 saturated heterocycles. The summed E-state index contributed by atoms with van der Waals surface area (Å²) in [5.41, 5.74) is -1.30. The summed E-state index contributed by atoms with van der Waals surface area (Å²) in [6.45, 7) is 0. The van der Waals surface area contributed by atoms with Crippen molar-refractivity contribution in [1.29, 1.82) is 5.26 Å². The molecule has 0 saturated carbocycles. The fourth-order valence-corrected chi connectivity index (χ4v) is 0.710. The Labute approximate surface area is 66.3 Å². The second-order valence-electron chi connectivity index (χ2n) is 2.09. The number of alkyl halides is 2. The molecule has 0 unspecified atom stereocenters. The Morgan fingerprint density at radius 1 is 1.58 bits per heavy atom. The van der Waals surface area contributed by atoms with Crippen LogP contribution < -0.4 is 5.56 Å². The zero-order chi connectivity index (χ0) is 9.14. The summed E-state index contributed by atoms with van der Waals surface area (Å²) in [5, 5.41) is 8.31. The fourth-order valence-electron chi connectivity index (χ4n) is 0.710. The van der Waals surface area contributed by atoms with Crippen molar-refractivity contribution in [3.05, 3.63) is 33.7 Å². The van der Waals surface area contributed by atoms with Crippen LogP contribution in [0.3, 0.4) is 0 Å². The van der Waals surface area contributed by atoms with Gasteiger partial charge in [0.1, 0.15) is 11.6 Å². The number of rotatable bonds is 1. The van der Waals surface area contributed by atoms with Gasteiger partial charge in [-0.05, 0) is 6.07 Å². The SMILES string of the molecule is N#Cc1cc(C(F)F)c[nH]c1=O. The van der Waals surface area contributed by atoms with Gasteiger partial charge >= 0.3 is 0 Å². The number of H-pyrrole nitrogens is 1. The summed E-state index contributed by atoms with van der Waals surface area (Å²) in [7, 11) is 0. The molecule has 1 heterocycles. The Morgan fingerprint density at radius 2 is 2.25 bits per heavy atom. The van der Waals surface area contributed by atoms with Crippen molar-refractivity contribution < 1.29 is 8.78 Å². The number of halogens is 2. The van der Waals surface area contributed by atoms with Crippen LogP contribution in [-0.4, -0.2) is 4.98 Å². The van der Waals surface area contributed by atoms with Gasteiger partial charge in [0.05, 0.1) is 0 Å². The lowest BCUT2D eigenvalue weighted by Crippen LogP contribution is -2.09. The van der Waals surface area contributed by atoms with Crippen molar-refractivity contribution >= 4 is 0 Å². The highest BCUT2D eigenvalue weighted by molar-refractivity contribution is 5.29. The normalized spacial score (nSPS) is 9.83. The van der Waals surface area contributed by atoms with Crippen LogP contribution in [0, 0.1) is 11.3 Å². The molecular formula is C7H4F2N2O. The number of nitrogens with zero attached hydrogens (tertiary/aromatic N) is 1. The molecule has 0 spiro atoms. The average molecular weight is 170 g/mol. The molecule has 1 aromatic heterocycles. The van der Waals surface area contributed by atoms with Crippen LogP contribution in [0.1, 0.15) is 17.6 Å². The van der Waals surface area contributed by atoms with Gasteiger partial charge in [0.2, 0.25) is 0 Å². The zero-order valence-corrected chi connectivity index (χ0v) is 5.84. The van der Waals surface area contributed by atoms with E-state index in [4.69, 9.17) is 5.26 Å². The summed E-state index contributed by atoms with van der Waals surface area (Å²) < 4.78 is 24.0. The predicted octanol–water partition coefficient (Wildman–Crippen LogP) is 1.18. The van der Waals surface area contributed by atoms with E-state index in [0.29, 0.717) is 0 Å². The molecule has 62 valence electrons. The molecule has 12 heavy (non-hydrogen) atoms. The Balaban J connectivity index is 3.26. The summed E-state index contributed by atoms with van der Waals surface area (Å²) in [6.07, 6.45) is -1.78. The van der Waals surface area contributed by atoms with Crippen molar-refractivity contribution in [3.63, 3.8) is 0 Å². The standard InChI is InChI=1S/C7H4F2N2O/c8-6(9)5-1-4(2-10)7(12)11-3-5/h1,3,6H,(H,11,12). The van der Waals surface area contributed by atoms with Gasteiger partial charge in [-0.1, -0.05) is 0 Å². The number of hydrogen-bond donors (Lipinski definition) is 1. The van der Waals surface area contributed by atoms with Crippen molar-refractivity contribution in [2.45, 2.75) is 6.43 Å². The molecule has 0 amide bonds. The van der Waals surface area contributed by atoms with E-state index in [0.717, 1.165) is 12.3 Å². The van der Waals surface area contributed by atoms with Crippen LogP contribution in [0.25, 0.3) is 0 Å². The third-order valence-corrected chi connectivity index (χ3v) is 1.30. The Bertz CT molecular complexity index is 378. The van der Waals surface area contributed by atoms with E-state index in [9.17, 15) is 13.6 Å². The first-order valence-corrected chi connectivity index (χ1v) is 3.06. The molecule has 0 aliphatic rings. The van der Waals surface area contributed by atoms with Crippen molar-refractivity contribution in [3.8, 4) is 6.07 Å². The summed E-state index contributed by atoms with van der Waals surface area (Å²) in [6, 6.07) is 2.39. The van der Waals surface area contributed by atoms with Crippen LogP contribution in [0.4, 0.5) is 8.78 Å². The Hall–Kier alpha value is -1.70. The highest BCUT2D eigenvalue weighted by Crippen LogP contribution is 2.16. The first kappa shape index (κ1) is 8.40.